The molecule has 2 amide bonds. The van der Waals surface area contributed by atoms with Crippen LogP contribution in [0.5, 0.6) is 11.5 Å². The Hall–Kier alpha value is -2.28. The second kappa shape index (κ2) is 8.01. The number of carbonyl (C=O) groups is 2. The summed E-state index contributed by atoms with van der Waals surface area (Å²) in [5, 5.41) is 5.76. The molecule has 0 aliphatic carbocycles. The first-order chi connectivity index (χ1) is 11.3. The van der Waals surface area contributed by atoms with Crippen molar-refractivity contribution in [2.45, 2.75) is 32.9 Å². The molecule has 0 saturated heterocycles. The van der Waals surface area contributed by atoms with Crippen molar-refractivity contribution in [2.75, 3.05) is 26.9 Å². The molecule has 1 aliphatic rings. The summed E-state index contributed by atoms with van der Waals surface area (Å²) in [6, 6.07) is 5.58. The molecule has 7 heteroatoms. The molecule has 0 fully saturated rings. The Morgan fingerprint density at radius 1 is 1.08 bits per heavy atom. The Bertz CT molecular complexity index is 603. The van der Waals surface area contributed by atoms with E-state index in [0.29, 0.717) is 5.75 Å². The van der Waals surface area contributed by atoms with Crippen LogP contribution in [-0.2, 0) is 9.59 Å². The normalized spacial score (nSPS) is 15.0. The minimum absolute atomic E-state index is 0.0564. The maximum atomic E-state index is 12.2. The van der Waals surface area contributed by atoms with E-state index in [-0.39, 0.29) is 43.8 Å². The van der Waals surface area contributed by atoms with Crippen molar-refractivity contribution in [3.8, 4) is 11.5 Å². The van der Waals surface area contributed by atoms with Gasteiger partial charge < -0.3 is 25.0 Å². The zero-order chi connectivity index (χ0) is 17.7. The molecule has 1 aromatic carbocycles. The summed E-state index contributed by atoms with van der Waals surface area (Å²) in [5.41, 5.74) is 0.947. The number of ether oxygens (including phenoxy) is 2. The van der Waals surface area contributed by atoms with Crippen molar-refractivity contribution in [2.24, 2.45) is 0 Å². The number of carbonyl (C=O) groups excluding carboxylic acids is 2. The van der Waals surface area contributed by atoms with Crippen LogP contribution in [0.15, 0.2) is 18.2 Å². The van der Waals surface area contributed by atoms with Gasteiger partial charge in [0.2, 0.25) is 6.79 Å². The largest absolute Gasteiger partial charge is 0.454 e. The van der Waals surface area contributed by atoms with Gasteiger partial charge in [-0.15, -0.1) is 0 Å². The van der Waals surface area contributed by atoms with Crippen LogP contribution in [-0.4, -0.2) is 44.8 Å². The number of fused-ring (bicyclic) bond motifs is 1. The molecule has 0 bridgehead atoms. The lowest BCUT2D eigenvalue weighted by Crippen LogP contribution is -3.11. The number of likely N-dealkylation sites (N-methyl/N-ethyl adjacent to an activating group) is 1. The monoisotopic (exact) mass is 336 g/mol. The Labute approximate surface area is 142 Å². The third-order valence-electron chi connectivity index (χ3n) is 3.65. The lowest BCUT2D eigenvalue weighted by Gasteiger charge is -2.18. The van der Waals surface area contributed by atoms with E-state index in [1.54, 1.807) is 0 Å². The van der Waals surface area contributed by atoms with E-state index in [9.17, 15) is 9.59 Å². The predicted molar refractivity (Wildman–Crippen MR) is 89.0 cm³/mol. The number of rotatable bonds is 7. The summed E-state index contributed by atoms with van der Waals surface area (Å²) in [5.74, 6) is 1.26. The molecule has 3 N–H and O–H groups in total. The molecular formula is C17H26N3O4+. The van der Waals surface area contributed by atoms with Gasteiger partial charge in [0.15, 0.2) is 24.6 Å². The van der Waals surface area contributed by atoms with Gasteiger partial charge >= 0.3 is 0 Å². The van der Waals surface area contributed by atoms with Gasteiger partial charge in [0.05, 0.1) is 13.1 Å². The highest BCUT2D eigenvalue weighted by molar-refractivity contribution is 5.79. The summed E-state index contributed by atoms with van der Waals surface area (Å²) in [4.78, 5) is 24.7. The Kier molecular flexibility index (Phi) is 6.03. The fraction of sp³-hybridized carbons (Fsp3) is 0.529. The molecule has 24 heavy (non-hydrogen) atoms. The van der Waals surface area contributed by atoms with E-state index in [0.717, 1.165) is 16.2 Å². The second-order valence-corrected chi connectivity index (χ2v) is 6.43. The van der Waals surface area contributed by atoms with Crippen LogP contribution in [0.3, 0.4) is 0 Å². The van der Waals surface area contributed by atoms with Crippen molar-refractivity contribution in [3.05, 3.63) is 23.8 Å². The Morgan fingerprint density at radius 3 is 2.38 bits per heavy atom. The standard InChI is InChI=1S/C17H25N3O4/c1-11(2)18-16(21)8-20(4)9-17(22)19-12(3)13-5-6-14-15(7-13)24-10-23-14/h5-7,11-12H,8-10H2,1-4H3,(H,18,21)(H,19,22)/p+1/t12-/m0/s1. The van der Waals surface area contributed by atoms with Gasteiger partial charge in [-0.1, -0.05) is 6.07 Å². The first-order valence-corrected chi connectivity index (χ1v) is 8.14. The lowest BCUT2D eigenvalue weighted by atomic mass is 10.1. The van der Waals surface area contributed by atoms with E-state index in [4.69, 9.17) is 9.47 Å². The zero-order valence-electron chi connectivity index (χ0n) is 14.6. The highest BCUT2D eigenvalue weighted by Gasteiger charge is 2.19. The summed E-state index contributed by atoms with van der Waals surface area (Å²) in [6.45, 7) is 6.47. The van der Waals surface area contributed by atoms with Gasteiger partial charge in [0.25, 0.3) is 11.8 Å². The minimum atomic E-state index is -0.149. The topological polar surface area (TPSA) is 81.1 Å². The summed E-state index contributed by atoms with van der Waals surface area (Å²) < 4.78 is 10.6. The molecule has 7 nitrogen and oxygen atoms in total. The summed E-state index contributed by atoms with van der Waals surface area (Å²) >= 11 is 0. The molecule has 0 aromatic heterocycles. The van der Waals surface area contributed by atoms with Gasteiger partial charge in [0.1, 0.15) is 0 Å². The Balaban J connectivity index is 1.82. The highest BCUT2D eigenvalue weighted by Crippen LogP contribution is 2.34. The number of benzene rings is 1. The zero-order valence-corrected chi connectivity index (χ0v) is 14.6. The van der Waals surface area contributed by atoms with Gasteiger partial charge in [-0.2, -0.15) is 0 Å². The Morgan fingerprint density at radius 2 is 1.71 bits per heavy atom. The van der Waals surface area contributed by atoms with Crippen LogP contribution in [0.2, 0.25) is 0 Å². The molecule has 0 spiro atoms. The first kappa shape index (κ1) is 18.1. The van der Waals surface area contributed by atoms with E-state index in [1.165, 1.54) is 0 Å². The maximum absolute atomic E-state index is 12.2. The van der Waals surface area contributed by atoms with E-state index in [2.05, 4.69) is 10.6 Å². The third-order valence-corrected chi connectivity index (χ3v) is 3.65. The molecule has 2 rings (SSSR count). The van der Waals surface area contributed by atoms with Crippen molar-refractivity contribution in [3.63, 3.8) is 0 Å². The smallest absolute Gasteiger partial charge is 0.275 e. The minimum Gasteiger partial charge on any atom is -0.454 e. The number of nitrogens with one attached hydrogen (secondary N) is 3. The molecule has 0 saturated carbocycles. The third kappa shape index (κ3) is 5.13. The van der Waals surface area contributed by atoms with Crippen molar-refractivity contribution >= 4 is 11.8 Å². The SMILES string of the molecule is CC(C)NC(=O)C[NH+](C)CC(=O)N[C@@H](C)c1ccc2c(c1)OCO2. The summed E-state index contributed by atoms with van der Waals surface area (Å²) in [7, 11) is 1.82. The molecular weight excluding hydrogens is 310 g/mol. The molecule has 2 atom stereocenters. The average molecular weight is 336 g/mol. The lowest BCUT2D eigenvalue weighted by molar-refractivity contribution is -0.862. The quantitative estimate of drug-likeness (QED) is 0.635. The molecule has 1 aromatic rings. The first-order valence-electron chi connectivity index (χ1n) is 8.14. The maximum Gasteiger partial charge on any atom is 0.275 e. The van der Waals surface area contributed by atoms with Crippen LogP contribution in [0, 0.1) is 0 Å². The fourth-order valence-electron chi connectivity index (χ4n) is 2.54. The van der Waals surface area contributed by atoms with Gasteiger partial charge in [-0.3, -0.25) is 9.59 Å². The number of hydrogen-bond donors (Lipinski definition) is 3. The van der Waals surface area contributed by atoms with E-state index in [1.807, 2.05) is 46.0 Å². The van der Waals surface area contributed by atoms with Crippen LogP contribution >= 0.6 is 0 Å². The number of hydrogen-bond acceptors (Lipinski definition) is 4. The molecule has 1 heterocycles. The van der Waals surface area contributed by atoms with Crippen LogP contribution in [0.25, 0.3) is 0 Å². The average Bonchev–Trinajstić information content (AvgIpc) is 2.92. The van der Waals surface area contributed by atoms with E-state index >= 15 is 0 Å². The molecule has 132 valence electrons. The van der Waals surface area contributed by atoms with Gasteiger partial charge in [-0.05, 0) is 38.5 Å². The van der Waals surface area contributed by atoms with Crippen LogP contribution in [0.1, 0.15) is 32.4 Å². The van der Waals surface area contributed by atoms with E-state index < -0.39 is 0 Å². The summed E-state index contributed by atoms with van der Waals surface area (Å²) in [6.07, 6.45) is 0. The van der Waals surface area contributed by atoms with Crippen LogP contribution in [0.4, 0.5) is 0 Å². The molecule has 1 unspecified atom stereocenters. The number of amides is 2. The second-order valence-electron chi connectivity index (χ2n) is 6.43. The number of quaternary nitrogens is 1. The van der Waals surface area contributed by atoms with Gasteiger partial charge in [-0.25, -0.2) is 0 Å². The van der Waals surface area contributed by atoms with Crippen LogP contribution < -0.4 is 25.0 Å². The van der Waals surface area contributed by atoms with Crippen molar-refractivity contribution in [1.82, 2.24) is 10.6 Å². The molecule has 1 aliphatic heterocycles. The van der Waals surface area contributed by atoms with Crippen molar-refractivity contribution < 1.29 is 24.0 Å². The predicted octanol–water partition coefficient (Wildman–Crippen LogP) is -0.368. The van der Waals surface area contributed by atoms with Gasteiger partial charge in [0, 0.05) is 6.04 Å². The van der Waals surface area contributed by atoms with Crippen molar-refractivity contribution in [1.29, 1.82) is 0 Å². The highest BCUT2D eigenvalue weighted by atomic mass is 16.7. The molecule has 0 radical (unpaired) electrons. The fourth-order valence-corrected chi connectivity index (χ4v) is 2.54.